The molecule has 0 bridgehead atoms. The van der Waals surface area contributed by atoms with Gasteiger partial charge in [0.15, 0.2) is 5.82 Å². The molecule has 3 amide bonds. The molecule has 0 aliphatic heterocycles. The van der Waals surface area contributed by atoms with Crippen LogP contribution in [0.15, 0.2) is 29.7 Å². The van der Waals surface area contributed by atoms with Crippen molar-refractivity contribution in [2.24, 2.45) is 5.92 Å². The molecule has 2 atom stereocenters. The number of hydrogen-bond acceptors (Lipinski definition) is 6. The Morgan fingerprint density at radius 3 is 2.81 bits per heavy atom. The summed E-state index contributed by atoms with van der Waals surface area (Å²) >= 11 is 1.17. The molecule has 1 aliphatic carbocycles. The van der Waals surface area contributed by atoms with Gasteiger partial charge in [-0.3, -0.25) is 20.2 Å². The van der Waals surface area contributed by atoms with Crippen LogP contribution in [0, 0.1) is 5.92 Å². The van der Waals surface area contributed by atoms with Crippen molar-refractivity contribution in [3.63, 3.8) is 0 Å². The van der Waals surface area contributed by atoms with Gasteiger partial charge in [-0.25, -0.2) is 9.78 Å². The Labute approximate surface area is 156 Å². The van der Waals surface area contributed by atoms with Crippen molar-refractivity contribution in [3.05, 3.63) is 24.5 Å². The lowest BCUT2D eigenvalue weighted by molar-refractivity contribution is -0.117. The Bertz CT molecular complexity index is 751. The average molecular weight is 374 g/mol. The van der Waals surface area contributed by atoms with Crippen molar-refractivity contribution in [1.29, 1.82) is 0 Å². The molecule has 1 fully saturated rings. The minimum Gasteiger partial charge on any atom is -0.335 e. The number of aromatic amines is 1. The summed E-state index contributed by atoms with van der Waals surface area (Å²) in [5.74, 6) is 0.755. The van der Waals surface area contributed by atoms with E-state index in [1.165, 1.54) is 18.2 Å². The van der Waals surface area contributed by atoms with E-state index < -0.39 is 6.03 Å². The van der Waals surface area contributed by atoms with E-state index in [1.54, 1.807) is 12.4 Å². The minimum atomic E-state index is -0.429. The van der Waals surface area contributed by atoms with E-state index in [9.17, 15) is 9.59 Å². The van der Waals surface area contributed by atoms with E-state index in [2.05, 4.69) is 37.7 Å². The topological polar surface area (TPSA) is 113 Å². The molecule has 0 saturated heterocycles. The third kappa shape index (κ3) is 5.04. The molecular formula is C17H22N6O2S. The van der Waals surface area contributed by atoms with Crippen molar-refractivity contribution >= 4 is 23.7 Å². The second-order valence-corrected chi connectivity index (χ2v) is 7.32. The Hall–Kier alpha value is -2.42. The van der Waals surface area contributed by atoms with Gasteiger partial charge < -0.3 is 5.32 Å². The Morgan fingerprint density at radius 2 is 2.04 bits per heavy atom. The summed E-state index contributed by atoms with van der Waals surface area (Å²) in [6.45, 7) is 2.13. The lowest BCUT2D eigenvalue weighted by atomic mass is 9.86. The molecule has 138 valence electrons. The van der Waals surface area contributed by atoms with Gasteiger partial charge in [-0.2, -0.15) is 0 Å². The van der Waals surface area contributed by atoms with E-state index in [-0.39, 0.29) is 17.7 Å². The number of hydrogen-bond donors (Lipinski definition) is 3. The fraction of sp³-hybridized carbons (Fsp3) is 0.471. The third-order valence-electron chi connectivity index (χ3n) is 4.43. The fourth-order valence-electron chi connectivity index (χ4n) is 2.98. The zero-order valence-corrected chi connectivity index (χ0v) is 15.4. The first kappa shape index (κ1) is 18.4. The first-order valence-electron chi connectivity index (χ1n) is 8.68. The van der Waals surface area contributed by atoms with Crippen molar-refractivity contribution in [2.45, 2.75) is 43.8 Å². The quantitative estimate of drug-likeness (QED) is 0.693. The number of pyridine rings is 1. The first-order valence-corrected chi connectivity index (χ1v) is 9.66. The van der Waals surface area contributed by atoms with E-state index >= 15 is 0 Å². The van der Waals surface area contributed by atoms with Crippen LogP contribution in [0.4, 0.5) is 4.79 Å². The number of nitrogens with zero attached hydrogens (tertiary/aromatic N) is 3. The van der Waals surface area contributed by atoms with Crippen molar-refractivity contribution < 1.29 is 9.59 Å². The van der Waals surface area contributed by atoms with Crippen LogP contribution in [0.3, 0.4) is 0 Å². The number of thioether (sulfide) groups is 1. The fourth-order valence-corrected chi connectivity index (χ4v) is 3.58. The molecule has 3 rings (SSSR count). The van der Waals surface area contributed by atoms with E-state index in [4.69, 9.17) is 0 Å². The van der Waals surface area contributed by atoms with Crippen molar-refractivity contribution in [1.82, 2.24) is 30.8 Å². The van der Waals surface area contributed by atoms with Gasteiger partial charge in [0.05, 0.1) is 5.75 Å². The number of imide groups is 1. The smallest absolute Gasteiger partial charge is 0.321 e. The highest BCUT2D eigenvalue weighted by molar-refractivity contribution is 7.99. The predicted octanol–water partition coefficient (Wildman–Crippen LogP) is 2.36. The Morgan fingerprint density at radius 1 is 1.27 bits per heavy atom. The Balaban J connectivity index is 1.44. The summed E-state index contributed by atoms with van der Waals surface area (Å²) < 4.78 is 0. The zero-order chi connectivity index (χ0) is 18.4. The largest absolute Gasteiger partial charge is 0.335 e. The van der Waals surface area contributed by atoms with Gasteiger partial charge in [-0.15, -0.1) is 5.10 Å². The molecule has 1 aliphatic rings. The standard InChI is InChI=1S/C17H22N6O2S/c1-11-4-2-3-5-13(11)19-16(25)20-14(24)10-26-17-21-15(22-23-17)12-6-8-18-9-7-12/h6-9,11,13H,2-5,10H2,1H3,(H,21,22,23)(H2,19,20,24,25)/t11-,13-/m1/s1. The van der Waals surface area contributed by atoms with E-state index in [0.29, 0.717) is 16.9 Å². The molecule has 8 nitrogen and oxygen atoms in total. The highest BCUT2D eigenvalue weighted by atomic mass is 32.2. The first-order chi connectivity index (χ1) is 12.6. The molecule has 1 saturated carbocycles. The van der Waals surface area contributed by atoms with E-state index in [1.807, 2.05) is 12.1 Å². The molecule has 3 N–H and O–H groups in total. The monoisotopic (exact) mass is 374 g/mol. The molecule has 0 aromatic carbocycles. The second kappa shape index (κ2) is 8.79. The van der Waals surface area contributed by atoms with Gasteiger partial charge in [0.1, 0.15) is 0 Å². The van der Waals surface area contributed by atoms with Gasteiger partial charge >= 0.3 is 6.03 Å². The van der Waals surface area contributed by atoms with Crippen LogP contribution < -0.4 is 10.6 Å². The van der Waals surface area contributed by atoms with Gasteiger partial charge in [-0.1, -0.05) is 31.5 Å². The Kier molecular flexibility index (Phi) is 6.21. The normalized spacial score (nSPS) is 19.7. The number of nitrogens with one attached hydrogen (secondary N) is 3. The zero-order valence-electron chi connectivity index (χ0n) is 14.6. The number of H-pyrrole nitrogens is 1. The molecular weight excluding hydrogens is 352 g/mol. The maximum Gasteiger partial charge on any atom is 0.321 e. The minimum absolute atomic E-state index is 0.0707. The van der Waals surface area contributed by atoms with Gasteiger partial charge in [-0.05, 0) is 30.9 Å². The SMILES string of the molecule is C[C@@H]1CCCC[C@H]1NC(=O)NC(=O)CSc1n[nH]c(-c2ccncc2)n1. The van der Waals surface area contributed by atoms with Crippen LogP contribution in [0.5, 0.6) is 0 Å². The molecule has 26 heavy (non-hydrogen) atoms. The van der Waals surface area contributed by atoms with Crippen molar-refractivity contribution in [2.75, 3.05) is 5.75 Å². The summed E-state index contributed by atoms with van der Waals surface area (Å²) in [5.41, 5.74) is 0.866. The summed E-state index contributed by atoms with van der Waals surface area (Å²) in [7, 11) is 0. The number of carbonyl (C=O) groups excluding carboxylic acids is 2. The van der Waals surface area contributed by atoms with E-state index in [0.717, 1.165) is 24.8 Å². The van der Waals surface area contributed by atoms with Crippen LogP contribution in [-0.4, -0.2) is 43.9 Å². The third-order valence-corrected chi connectivity index (χ3v) is 5.28. The lowest BCUT2D eigenvalue weighted by Gasteiger charge is -2.29. The van der Waals surface area contributed by atoms with Crippen LogP contribution in [-0.2, 0) is 4.79 Å². The molecule has 2 heterocycles. The van der Waals surface area contributed by atoms with Gasteiger partial charge in [0.25, 0.3) is 0 Å². The summed E-state index contributed by atoms with van der Waals surface area (Å²) in [6.07, 6.45) is 7.73. The van der Waals surface area contributed by atoms with Crippen LogP contribution in [0.1, 0.15) is 32.6 Å². The van der Waals surface area contributed by atoms with Gasteiger partial charge in [0.2, 0.25) is 11.1 Å². The average Bonchev–Trinajstić information content (AvgIpc) is 3.12. The summed E-state index contributed by atoms with van der Waals surface area (Å²) in [6, 6.07) is 3.35. The van der Waals surface area contributed by atoms with Crippen LogP contribution in [0.25, 0.3) is 11.4 Å². The van der Waals surface area contributed by atoms with Crippen LogP contribution >= 0.6 is 11.8 Å². The molecule has 0 spiro atoms. The number of aromatic nitrogens is 4. The lowest BCUT2D eigenvalue weighted by Crippen LogP contribution is -2.48. The number of carbonyl (C=O) groups is 2. The number of urea groups is 1. The second-order valence-electron chi connectivity index (χ2n) is 6.38. The van der Waals surface area contributed by atoms with Gasteiger partial charge in [0, 0.05) is 24.0 Å². The highest BCUT2D eigenvalue weighted by Crippen LogP contribution is 2.23. The maximum atomic E-state index is 12.0. The number of rotatable bonds is 5. The molecule has 9 heteroatoms. The van der Waals surface area contributed by atoms with Crippen LogP contribution in [0.2, 0.25) is 0 Å². The molecule has 0 radical (unpaired) electrons. The molecule has 0 unspecified atom stereocenters. The number of amides is 3. The maximum absolute atomic E-state index is 12.0. The van der Waals surface area contributed by atoms with Crippen molar-refractivity contribution in [3.8, 4) is 11.4 Å². The molecule has 2 aromatic heterocycles. The summed E-state index contributed by atoms with van der Waals surface area (Å²) in [5, 5.41) is 12.6. The summed E-state index contributed by atoms with van der Waals surface area (Å²) in [4.78, 5) is 32.2. The molecule has 2 aromatic rings. The highest BCUT2D eigenvalue weighted by Gasteiger charge is 2.23. The predicted molar refractivity (Wildman–Crippen MR) is 98.4 cm³/mol.